The van der Waals surface area contributed by atoms with Crippen LogP contribution in [0.25, 0.3) is 0 Å². The van der Waals surface area contributed by atoms with Crippen molar-refractivity contribution >= 4 is 17.4 Å². The van der Waals surface area contributed by atoms with E-state index in [1.54, 1.807) is 17.8 Å². The Morgan fingerprint density at radius 2 is 1.85 bits per heavy atom. The van der Waals surface area contributed by atoms with Gasteiger partial charge in [0.05, 0.1) is 12.8 Å². The molecule has 0 aliphatic carbocycles. The molecule has 0 aliphatic heterocycles. The van der Waals surface area contributed by atoms with E-state index < -0.39 is 0 Å². The standard InChI is InChI=1S/C16H18FNOS/c1-11(12-4-7-14(20-3)8-5-12)18-15-9-6-13(17)10-16(15)19-2/h4-11,18H,1-3H3. The fourth-order valence-electron chi connectivity index (χ4n) is 1.99. The van der Waals surface area contributed by atoms with Crippen LogP contribution >= 0.6 is 11.8 Å². The molecule has 2 rings (SSSR count). The summed E-state index contributed by atoms with van der Waals surface area (Å²) in [5, 5.41) is 3.34. The van der Waals surface area contributed by atoms with Crippen LogP contribution in [0.5, 0.6) is 5.75 Å². The molecule has 2 aromatic carbocycles. The summed E-state index contributed by atoms with van der Waals surface area (Å²) in [5.74, 6) is 0.210. The molecule has 0 saturated heterocycles. The average molecular weight is 291 g/mol. The molecule has 2 aromatic rings. The monoisotopic (exact) mass is 291 g/mol. The molecule has 106 valence electrons. The van der Waals surface area contributed by atoms with Crippen molar-refractivity contribution < 1.29 is 9.13 Å². The average Bonchev–Trinajstić information content (AvgIpc) is 2.49. The predicted octanol–water partition coefficient (Wildman–Crippen LogP) is 4.73. The molecule has 20 heavy (non-hydrogen) atoms. The molecule has 0 aliphatic rings. The van der Waals surface area contributed by atoms with Gasteiger partial charge in [0, 0.05) is 17.0 Å². The van der Waals surface area contributed by atoms with Gasteiger partial charge in [-0.15, -0.1) is 11.8 Å². The van der Waals surface area contributed by atoms with Crippen molar-refractivity contribution in [3.63, 3.8) is 0 Å². The molecule has 0 heterocycles. The quantitative estimate of drug-likeness (QED) is 0.805. The number of benzene rings is 2. The van der Waals surface area contributed by atoms with Crippen molar-refractivity contribution in [2.75, 3.05) is 18.7 Å². The van der Waals surface area contributed by atoms with Gasteiger partial charge in [0.25, 0.3) is 0 Å². The van der Waals surface area contributed by atoms with Crippen molar-refractivity contribution in [1.82, 2.24) is 0 Å². The Morgan fingerprint density at radius 3 is 2.45 bits per heavy atom. The second-order valence-electron chi connectivity index (χ2n) is 4.48. The van der Waals surface area contributed by atoms with E-state index in [0.29, 0.717) is 5.75 Å². The van der Waals surface area contributed by atoms with Crippen LogP contribution in [-0.2, 0) is 0 Å². The molecule has 4 heteroatoms. The Morgan fingerprint density at radius 1 is 1.15 bits per heavy atom. The van der Waals surface area contributed by atoms with Crippen molar-refractivity contribution in [3.05, 3.63) is 53.8 Å². The molecule has 0 spiro atoms. The lowest BCUT2D eigenvalue weighted by Crippen LogP contribution is -2.07. The second-order valence-corrected chi connectivity index (χ2v) is 5.36. The van der Waals surface area contributed by atoms with Crippen molar-refractivity contribution in [1.29, 1.82) is 0 Å². The molecule has 1 unspecified atom stereocenters. The smallest absolute Gasteiger partial charge is 0.144 e. The predicted molar refractivity (Wildman–Crippen MR) is 83.2 cm³/mol. The minimum Gasteiger partial charge on any atom is -0.494 e. The summed E-state index contributed by atoms with van der Waals surface area (Å²) in [7, 11) is 1.54. The van der Waals surface area contributed by atoms with Crippen molar-refractivity contribution in [3.8, 4) is 5.75 Å². The first-order valence-corrected chi connectivity index (χ1v) is 7.60. The zero-order valence-electron chi connectivity index (χ0n) is 11.8. The molecule has 0 saturated carbocycles. The Labute approximate surface area is 123 Å². The van der Waals surface area contributed by atoms with Gasteiger partial charge in [-0.1, -0.05) is 12.1 Å². The summed E-state index contributed by atoms with van der Waals surface area (Å²) in [4.78, 5) is 1.24. The topological polar surface area (TPSA) is 21.3 Å². The van der Waals surface area contributed by atoms with Gasteiger partial charge in [0.15, 0.2) is 0 Å². The summed E-state index contributed by atoms with van der Waals surface area (Å²) in [6, 6.07) is 13.0. The van der Waals surface area contributed by atoms with E-state index >= 15 is 0 Å². The molecule has 0 aromatic heterocycles. The number of thioether (sulfide) groups is 1. The Kier molecular flexibility index (Phi) is 4.90. The lowest BCUT2D eigenvalue weighted by molar-refractivity contribution is 0.412. The Balaban J connectivity index is 2.16. The molecular formula is C16H18FNOS. The van der Waals surface area contributed by atoms with Crippen LogP contribution in [0.1, 0.15) is 18.5 Å². The first-order chi connectivity index (χ1) is 9.63. The van der Waals surface area contributed by atoms with Gasteiger partial charge in [-0.2, -0.15) is 0 Å². The highest BCUT2D eigenvalue weighted by atomic mass is 32.2. The van der Waals surface area contributed by atoms with Crippen LogP contribution in [0.15, 0.2) is 47.4 Å². The number of ether oxygens (including phenoxy) is 1. The molecular weight excluding hydrogens is 273 g/mol. The van der Waals surface area contributed by atoms with Crippen molar-refractivity contribution in [2.45, 2.75) is 17.9 Å². The molecule has 0 radical (unpaired) electrons. The first kappa shape index (κ1) is 14.7. The third-order valence-corrected chi connectivity index (χ3v) is 3.89. The van der Waals surface area contributed by atoms with Gasteiger partial charge in [0.1, 0.15) is 11.6 Å². The number of anilines is 1. The normalized spacial score (nSPS) is 12.0. The number of hydrogen-bond donors (Lipinski definition) is 1. The van der Waals surface area contributed by atoms with Crippen LogP contribution in [0, 0.1) is 5.82 Å². The number of halogens is 1. The largest absolute Gasteiger partial charge is 0.494 e. The highest BCUT2D eigenvalue weighted by Crippen LogP contribution is 2.29. The van der Waals surface area contributed by atoms with E-state index in [9.17, 15) is 4.39 Å². The van der Waals surface area contributed by atoms with E-state index in [1.807, 2.05) is 0 Å². The van der Waals surface area contributed by atoms with E-state index in [4.69, 9.17) is 4.74 Å². The summed E-state index contributed by atoms with van der Waals surface area (Å²) in [6.07, 6.45) is 2.06. The third-order valence-electron chi connectivity index (χ3n) is 3.15. The molecule has 0 bridgehead atoms. The van der Waals surface area contributed by atoms with Crippen LogP contribution < -0.4 is 10.1 Å². The van der Waals surface area contributed by atoms with E-state index in [1.165, 1.54) is 29.7 Å². The first-order valence-electron chi connectivity index (χ1n) is 6.38. The van der Waals surface area contributed by atoms with Gasteiger partial charge in [-0.25, -0.2) is 4.39 Å². The number of methoxy groups -OCH3 is 1. The van der Waals surface area contributed by atoms with E-state index in [2.05, 4.69) is 42.8 Å². The van der Waals surface area contributed by atoms with Crippen molar-refractivity contribution in [2.24, 2.45) is 0 Å². The molecule has 2 nitrogen and oxygen atoms in total. The van der Waals surface area contributed by atoms with Crippen LogP contribution in [0.2, 0.25) is 0 Å². The molecule has 1 N–H and O–H groups in total. The van der Waals surface area contributed by atoms with E-state index in [-0.39, 0.29) is 11.9 Å². The number of nitrogens with one attached hydrogen (secondary N) is 1. The summed E-state index contributed by atoms with van der Waals surface area (Å²) in [5.41, 5.74) is 1.96. The summed E-state index contributed by atoms with van der Waals surface area (Å²) in [6.45, 7) is 2.07. The van der Waals surface area contributed by atoms with Gasteiger partial charge < -0.3 is 10.1 Å². The maximum absolute atomic E-state index is 13.2. The molecule has 1 atom stereocenters. The summed E-state index contributed by atoms with van der Waals surface area (Å²) < 4.78 is 18.4. The maximum Gasteiger partial charge on any atom is 0.144 e. The zero-order valence-corrected chi connectivity index (χ0v) is 12.6. The number of rotatable bonds is 5. The molecule has 0 amide bonds. The van der Waals surface area contributed by atoms with Crippen LogP contribution in [0.4, 0.5) is 10.1 Å². The zero-order chi connectivity index (χ0) is 14.5. The Hall–Kier alpha value is -1.68. The second kappa shape index (κ2) is 6.66. The van der Waals surface area contributed by atoms with Crippen LogP contribution in [0.3, 0.4) is 0 Å². The fourth-order valence-corrected chi connectivity index (χ4v) is 2.40. The van der Waals surface area contributed by atoms with Gasteiger partial charge in [0.2, 0.25) is 0 Å². The SMILES string of the molecule is COc1cc(F)ccc1NC(C)c1ccc(SC)cc1. The Bertz CT molecular complexity index is 571. The van der Waals surface area contributed by atoms with Crippen LogP contribution in [-0.4, -0.2) is 13.4 Å². The number of hydrogen-bond acceptors (Lipinski definition) is 3. The lowest BCUT2D eigenvalue weighted by Gasteiger charge is -2.18. The highest BCUT2D eigenvalue weighted by molar-refractivity contribution is 7.98. The van der Waals surface area contributed by atoms with Gasteiger partial charge in [-0.3, -0.25) is 0 Å². The van der Waals surface area contributed by atoms with Gasteiger partial charge in [-0.05, 0) is 43.0 Å². The highest BCUT2D eigenvalue weighted by Gasteiger charge is 2.09. The van der Waals surface area contributed by atoms with Gasteiger partial charge >= 0.3 is 0 Å². The lowest BCUT2D eigenvalue weighted by atomic mass is 10.1. The maximum atomic E-state index is 13.2. The minimum absolute atomic E-state index is 0.116. The fraction of sp³-hybridized carbons (Fsp3) is 0.250. The molecule has 0 fully saturated rings. The third kappa shape index (κ3) is 3.45. The minimum atomic E-state index is -0.302. The summed E-state index contributed by atoms with van der Waals surface area (Å²) >= 11 is 1.72. The van der Waals surface area contributed by atoms with E-state index in [0.717, 1.165) is 5.69 Å².